The second kappa shape index (κ2) is 3.10. The summed E-state index contributed by atoms with van der Waals surface area (Å²) in [5.41, 5.74) is 3.27. The first-order valence-corrected chi connectivity index (χ1v) is 4.81. The zero-order valence-electron chi connectivity index (χ0n) is 8.21. The van der Waals surface area contributed by atoms with Gasteiger partial charge >= 0.3 is 0 Å². The Labute approximate surface area is 90.8 Å². The summed E-state index contributed by atoms with van der Waals surface area (Å²) in [4.78, 5) is 18.0. The van der Waals surface area contributed by atoms with Gasteiger partial charge in [-0.3, -0.25) is 0 Å². The van der Waals surface area contributed by atoms with Crippen LogP contribution in [0.5, 0.6) is 5.88 Å². The molecule has 0 saturated carbocycles. The van der Waals surface area contributed by atoms with Crippen LogP contribution in [-0.2, 0) is 6.42 Å². The number of nitrogens with zero attached hydrogens (tertiary/aromatic N) is 3. The standard InChI is InChI=1S/C11H7N3O2/c15-10-9-7-4-2-1-3-6(7)5-8(9)12-11(13-10)14-16/h1-4H,5H2,(H,12,13,15). The maximum Gasteiger partial charge on any atom is 0.294 e. The van der Waals surface area contributed by atoms with Crippen molar-refractivity contribution in [3.63, 3.8) is 0 Å². The zero-order valence-corrected chi connectivity index (χ0v) is 8.21. The van der Waals surface area contributed by atoms with Crippen LogP contribution in [0, 0.1) is 4.91 Å². The highest BCUT2D eigenvalue weighted by Gasteiger charge is 2.24. The molecule has 0 amide bonds. The molecule has 2 aromatic rings. The van der Waals surface area contributed by atoms with E-state index in [2.05, 4.69) is 15.1 Å². The number of rotatable bonds is 1. The highest BCUT2D eigenvalue weighted by atomic mass is 16.3. The van der Waals surface area contributed by atoms with Gasteiger partial charge in [-0.05, 0) is 11.1 Å². The van der Waals surface area contributed by atoms with E-state index in [0.717, 1.165) is 11.1 Å². The van der Waals surface area contributed by atoms with Gasteiger partial charge in [0, 0.05) is 11.6 Å². The summed E-state index contributed by atoms with van der Waals surface area (Å²) in [6.45, 7) is 0. The Balaban J connectivity index is 2.29. The molecule has 1 aromatic heterocycles. The Bertz CT molecular complexity index is 596. The highest BCUT2D eigenvalue weighted by molar-refractivity contribution is 5.79. The van der Waals surface area contributed by atoms with Crippen LogP contribution in [0.3, 0.4) is 0 Å². The minimum Gasteiger partial charge on any atom is -0.493 e. The van der Waals surface area contributed by atoms with E-state index in [4.69, 9.17) is 0 Å². The quantitative estimate of drug-likeness (QED) is 0.628. The van der Waals surface area contributed by atoms with Crippen molar-refractivity contribution in [1.29, 1.82) is 0 Å². The molecule has 16 heavy (non-hydrogen) atoms. The summed E-state index contributed by atoms with van der Waals surface area (Å²) in [5, 5.41) is 12.4. The summed E-state index contributed by atoms with van der Waals surface area (Å²) in [6, 6.07) is 7.68. The molecule has 5 heteroatoms. The molecule has 1 heterocycles. The van der Waals surface area contributed by atoms with Crippen LogP contribution in [0.15, 0.2) is 29.4 Å². The van der Waals surface area contributed by atoms with E-state index in [0.29, 0.717) is 17.7 Å². The molecular weight excluding hydrogens is 206 g/mol. The minimum atomic E-state index is -0.218. The topological polar surface area (TPSA) is 75.4 Å². The lowest BCUT2D eigenvalue weighted by atomic mass is 10.1. The minimum absolute atomic E-state index is 0.176. The van der Waals surface area contributed by atoms with E-state index >= 15 is 0 Å². The Kier molecular flexibility index (Phi) is 1.73. The maximum absolute atomic E-state index is 10.3. The molecule has 1 N–H and O–H groups in total. The lowest BCUT2D eigenvalue weighted by Gasteiger charge is -2.01. The summed E-state index contributed by atoms with van der Waals surface area (Å²) in [6.07, 6.45) is 0.601. The fourth-order valence-electron chi connectivity index (χ4n) is 2.02. The normalized spacial score (nSPS) is 12.0. The fourth-order valence-corrected chi connectivity index (χ4v) is 2.02. The summed E-state index contributed by atoms with van der Waals surface area (Å²) in [7, 11) is 0. The van der Waals surface area contributed by atoms with Crippen LogP contribution in [0.1, 0.15) is 11.3 Å². The number of benzene rings is 1. The molecule has 0 atom stereocenters. The predicted molar refractivity (Wildman–Crippen MR) is 57.4 cm³/mol. The van der Waals surface area contributed by atoms with E-state index in [1.165, 1.54) is 0 Å². The monoisotopic (exact) mass is 213 g/mol. The van der Waals surface area contributed by atoms with Crippen molar-refractivity contribution >= 4 is 5.95 Å². The lowest BCUT2D eigenvalue weighted by molar-refractivity contribution is 0.454. The van der Waals surface area contributed by atoms with Crippen molar-refractivity contribution in [3.05, 3.63) is 40.4 Å². The molecule has 0 bridgehead atoms. The van der Waals surface area contributed by atoms with E-state index in [-0.39, 0.29) is 11.8 Å². The molecule has 5 nitrogen and oxygen atoms in total. The van der Waals surface area contributed by atoms with Crippen molar-refractivity contribution < 1.29 is 5.11 Å². The molecule has 0 radical (unpaired) electrons. The van der Waals surface area contributed by atoms with Gasteiger partial charge in [-0.25, -0.2) is 4.98 Å². The summed E-state index contributed by atoms with van der Waals surface area (Å²) >= 11 is 0. The van der Waals surface area contributed by atoms with Gasteiger partial charge in [-0.2, -0.15) is 4.98 Å². The van der Waals surface area contributed by atoms with Gasteiger partial charge in [0.1, 0.15) is 0 Å². The number of aromatic nitrogens is 2. The molecular formula is C11H7N3O2. The van der Waals surface area contributed by atoms with Crippen molar-refractivity contribution in [2.45, 2.75) is 6.42 Å². The molecule has 0 spiro atoms. The number of aromatic hydroxyl groups is 1. The molecule has 1 aromatic carbocycles. The zero-order chi connectivity index (χ0) is 11.1. The van der Waals surface area contributed by atoms with Crippen LogP contribution in [0.4, 0.5) is 5.95 Å². The maximum atomic E-state index is 10.3. The molecule has 78 valence electrons. The first-order valence-electron chi connectivity index (χ1n) is 4.81. The fraction of sp³-hybridized carbons (Fsp3) is 0.0909. The third kappa shape index (κ3) is 1.11. The SMILES string of the molecule is O=Nc1nc(O)c2c(n1)Cc1ccccc1-2. The number of hydrogen-bond acceptors (Lipinski definition) is 5. The van der Waals surface area contributed by atoms with E-state index < -0.39 is 0 Å². The molecule has 0 unspecified atom stereocenters. The van der Waals surface area contributed by atoms with Gasteiger partial charge in [0.15, 0.2) is 0 Å². The van der Waals surface area contributed by atoms with Crippen LogP contribution in [-0.4, -0.2) is 15.1 Å². The number of fused-ring (bicyclic) bond motifs is 3. The average molecular weight is 213 g/mol. The lowest BCUT2D eigenvalue weighted by Crippen LogP contribution is -1.90. The Hall–Kier alpha value is -2.30. The molecule has 0 fully saturated rings. The van der Waals surface area contributed by atoms with Crippen LogP contribution < -0.4 is 0 Å². The van der Waals surface area contributed by atoms with E-state index in [1.807, 2.05) is 24.3 Å². The number of nitroso groups, excluding NO2 is 1. The molecule has 1 aliphatic rings. The van der Waals surface area contributed by atoms with Crippen molar-refractivity contribution in [2.75, 3.05) is 0 Å². The largest absolute Gasteiger partial charge is 0.493 e. The first-order chi connectivity index (χ1) is 7.79. The van der Waals surface area contributed by atoms with Crippen molar-refractivity contribution in [3.8, 4) is 17.0 Å². The predicted octanol–water partition coefficient (Wildman–Crippen LogP) is 2.15. The highest BCUT2D eigenvalue weighted by Crippen LogP contribution is 2.40. The van der Waals surface area contributed by atoms with Crippen LogP contribution in [0.25, 0.3) is 11.1 Å². The summed E-state index contributed by atoms with van der Waals surface area (Å²) < 4.78 is 0. The van der Waals surface area contributed by atoms with Crippen LogP contribution in [0.2, 0.25) is 0 Å². The Morgan fingerprint density at radius 3 is 2.88 bits per heavy atom. The molecule has 0 aliphatic heterocycles. The van der Waals surface area contributed by atoms with Gasteiger partial charge < -0.3 is 5.11 Å². The Morgan fingerprint density at radius 2 is 2.06 bits per heavy atom. The van der Waals surface area contributed by atoms with Crippen molar-refractivity contribution in [1.82, 2.24) is 9.97 Å². The molecule has 0 saturated heterocycles. The van der Waals surface area contributed by atoms with E-state index in [1.54, 1.807) is 0 Å². The third-order valence-electron chi connectivity index (χ3n) is 2.68. The second-order valence-corrected chi connectivity index (χ2v) is 3.59. The van der Waals surface area contributed by atoms with Gasteiger partial charge in [0.05, 0.1) is 11.3 Å². The smallest absolute Gasteiger partial charge is 0.294 e. The number of hydrogen-bond donors (Lipinski definition) is 1. The van der Waals surface area contributed by atoms with Crippen molar-refractivity contribution in [2.24, 2.45) is 5.18 Å². The van der Waals surface area contributed by atoms with Gasteiger partial charge in [0.2, 0.25) is 5.88 Å². The average Bonchev–Trinajstić information content (AvgIpc) is 2.67. The first kappa shape index (κ1) is 8.96. The third-order valence-corrected chi connectivity index (χ3v) is 2.68. The molecule has 1 aliphatic carbocycles. The molecule has 3 rings (SSSR count). The van der Waals surface area contributed by atoms with E-state index in [9.17, 15) is 10.0 Å². The van der Waals surface area contributed by atoms with Gasteiger partial charge in [-0.1, -0.05) is 24.3 Å². The second-order valence-electron chi connectivity index (χ2n) is 3.59. The van der Waals surface area contributed by atoms with Gasteiger partial charge in [-0.15, -0.1) is 4.91 Å². The van der Waals surface area contributed by atoms with Crippen LogP contribution >= 0.6 is 0 Å². The Morgan fingerprint density at radius 1 is 1.25 bits per heavy atom. The summed E-state index contributed by atoms with van der Waals surface area (Å²) in [5.74, 6) is -0.395. The van der Waals surface area contributed by atoms with Gasteiger partial charge in [0.25, 0.3) is 5.95 Å².